The van der Waals surface area contributed by atoms with Gasteiger partial charge in [-0.15, -0.1) is 5.10 Å². The summed E-state index contributed by atoms with van der Waals surface area (Å²) >= 11 is 0. The molecule has 0 aliphatic rings. The van der Waals surface area contributed by atoms with Gasteiger partial charge in [-0.1, -0.05) is 32.9 Å². The third-order valence-corrected chi connectivity index (χ3v) is 2.93. The highest BCUT2D eigenvalue weighted by Gasteiger charge is 2.20. The van der Waals surface area contributed by atoms with E-state index in [0.29, 0.717) is 0 Å². The number of nitrogens with zero attached hydrogens (tertiary/aromatic N) is 5. The van der Waals surface area contributed by atoms with Crippen LogP contribution in [-0.2, 0) is 12.5 Å². The number of anilines is 1. The maximum atomic E-state index is 4.66. The smallest absolute Gasteiger partial charge is 0.136 e. The third kappa shape index (κ3) is 3.12. The molecule has 2 aromatic rings. The normalized spacial score (nSPS) is 11.7. The summed E-state index contributed by atoms with van der Waals surface area (Å²) in [5.41, 5.74) is 1.62. The standard InChI is InChI=1S/C14H22N6/c1-6-7-15-12-8-10(11-9-16-19-20(11)5)17-13(18-12)14(2,3)4/h8-9H,6-7H2,1-5H3,(H,15,17,18). The molecule has 0 bridgehead atoms. The SMILES string of the molecule is CCCNc1cc(-c2cnnn2C)nc(C(C)(C)C)n1. The van der Waals surface area contributed by atoms with Crippen LogP contribution in [0.2, 0.25) is 0 Å². The Morgan fingerprint density at radius 1 is 1.25 bits per heavy atom. The van der Waals surface area contributed by atoms with Gasteiger partial charge in [0.2, 0.25) is 0 Å². The molecular formula is C14H22N6. The first kappa shape index (κ1) is 14.4. The van der Waals surface area contributed by atoms with E-state index in [0.717, 1.165) is 36.0 Å². The molecule has 0 saturated carbocycles. The molecule has 0 aliphatic heterocycles. The van der Waals surface area contributed by atoms with Crippen LogP contribution in [0.5, 0.6) is 0 Å². The van der Waals surface area contributed by atoms with Gasteiger partial charge < -0.3 is 5.32 Å². The molecule has 2 heterocycles. The van der Waals surface area contributed by atoms with Crippen LogP contribution < -0.4 is 5.32 Å². The van der Waals surface area contributed by atoms with Gasteiger partial charge in [0, 0.05) is 25.1 Å². The molecule has 2 rings (SSSR count). The lowest BCUT2D eigenvalue weighted by atomic mass is 9.95. The zero-order chi connectivity index (χ0) is 14.8. The van der Waals surface area contributed by atoms with E-state index in [-0.39, 0.29) is 5.41 Å². The van der Waals surface area contributed by atoms with Crippen molar-refractivity contribution in [2.24, 2.45) is 7.05 Å². The van der Waals surface area contributed by atoms with Gasteiger partial charge in [-0.2, -0.15) is 0 Å². The molecular weight excluding hydrogens is 252 g/mol. The highest BCUT2D eigenvalue weighted by atomic mass is 15.4. The van der Waals surface area contributed by atoms with Crippen molar-refractivity contribution in [3.05, 3.63) is 18.1 Å². The first-order valence-corrected chi connectivity index (χ1v) is 6.90. The van der Waals surface area contributed by atoms with Gasteiger partial charge in [0.15, 0.2) is 0 Å². The molecule has 0 aromatic carbocycles. The molecule has 0 fully saturated rings. The third-order valence-electron chi connectivity index (χ3n) is 2.93. The quantitative estimate of drug-likeness (QED) is 0.927. The number of rotatable bonds is 4. The van der Waals surface area contributed by atoms with E-state index in [1.54, 1.807) is 10.9 Å². The van der Waals surface area contributed by atoms with Crippen molar-refractivity contribution in [2.45, 2.75) is 39.5 Å². The maximum Gasteiger partial charge on any atom is 0.136 e. The summed E-state index contributed by atoms with van der Waals surface area (Å²) in [5.74, 6) is 1.66. The maximum absolute atomic E-state index is 4.66. The Labute approximate surface area is 119 Å². The Morgan fingerprint density at radius 2 is 2.00 bits per heavy atom. The molecule has 0 radical (unpaired) electrons. The molecule has 0 amide bonds. The van der Waals surface area contributed by atoms with Crippen molar-refractivity contribution in [3.8, 4) is 11.4 Å². The lowest BCUT2D eigenvalue weighted by Gasteiger charge is -2.19. The van der Waals surface area contributed by atoms with Gasteiger partial charge in [0.25, 0.3) is 0 Å². The molecule has 6 heteroatoms. The van der Waals surface area contributed by atoms with Gasteiger partial charge >= 0.3 is 0 Å². The molecule has 6 nitrogen and oxygen atoms in total. The zero-order valence-corrected chi connectivity index (χ0v) is 12.8. The van der Waals surface area contributed by atoms with Crippen molar-refractivity contribution in [3.63, 3.8) is 0 Å². The van der Waals surface area contributed by atoms with Crippen LogP contribution in [0.1, 0.15) is 39.9 Å². The van der Waals surface area contributed by atoms with Crippen LogP contribution in [-0.4, -0.2) is 31.5 Å². The van der Waals surface area contributed by atoms with E-state index in [4.69, 9.17) is 0 Å². The molecule has 1 N–H and O–H groups in total. The second kappa shape index (κ2) is 5.56. The molecule has 20 heavy (non-hydrogen) atoms. The van der Waals surface area contributed by atoms with Gasteiger partial charge in [-0.05, 0) is 6.42 Å². The Balaban J connectivity index is 2.48. The van der Waals surface area contributed by atoms with Gasteiger partial charge in [0.1, 0.15) is 17.3 Å². The summed E-state index contributed by atoms with van der Waals surface area (Å²) in [5, 5.41) is 11.2. The van der Waals surface area contributed by atoms with Crippen molar-refractivity contribution in [1.29, 1.82) is 0 Å². The van der Waals surface area contributed by atoms with E-state index in [9.17, 15) is 0 Å². The van der Waals surface area contributed by atoms with Crippen LogP contribution >= 0.6 is 0 Å². The van der Waals surface area contributed by atoms with E-state index in [1.807, 2.05) is 13.1 Å². The van der Waals surface area contributed by atoms with Crippen molar-refractivity contribution >= 4 is 5.82 Å². The number of hydrogen-bond donors (Lipinski definition) is 1. The van der Waals surface area contributed by atoms with Crippen molar-refractivity contribution in [1.82, 2.24) is 25.0 Å². The fourth-order valence-electron chi connectivity index (χ4n) is 1.78. The van der Waals surface area contributed by atoms with Crippen LogP contribution in [0, 0.1) is 0 Å². The topological polar surface area (TPSA) is 68.5 Å². The highest BCUT2D eigenvalue weighted by molar-refractivity contribution is 5.58. The van der Waals surface area contributed by atoms with Crippen LogP contribution in [0.3, 0.4) is 0 Å². The number of aryl methyl sites for hydroxylation is 1. The van der Waals surface area contributed by atoms with E-state index in [2.05, 4.69) is 53.3 Å². The predicted octanol–water partition coefficient (Wildman–Crippen LogP) is 2.39. The molecule has 0 saturated heterocycles. The molecule has 108 valence electrons. The second-order valence-corrected chi connectivity index (χ2v) is 5.88. The minimum atomic E-state index is -0.106. The minimum Gasteiger partial charge on any atom is -0.370 e. The van der Waals surface area contributed by atoms with E-state index >= 15 is 0 Å². The molecule has 0 unspecified atom stereocenters. The summed E-state index contributed by atoms with van der Waals surface area (Å²) in [6.45, 7) is 9.35. The van der Waals surface area contributed by atoms with Gasteiger partial charge in [0.05, 0.1) is 11.9 Å². The van der Waals surface area contributed by atoms with Gasteiger partial charge in [-0.3, -0.25) is 0 Å². The van der Waals surface area contributed by atoms with Crippen molar-refractivity contribution in [2.75, 3.05) is 11.9 Å². The summed E-state index contributed by atoms with van der Waals surface area (Å²) in [4.78, 5) is 9.27. The number of aromatic nitrogens is 5. The largest absolute Gasteiger partial charge is 0.370 e. The Morgan fingerprint density at radius 3 is 2.55 bits per heavy atom. The Hall–Kier alpha value is -1.98. The Bertz CT molecular complexity index is 582. The van der Waals surface area contributed by atoms with Crippen LogP contribution in [0.25, 0.3) is 11.4 Å². The van der Waals surface area contributed by atoms with E-state index in [1.165, 1.54) is 0 Å². The molecule has 0 spiro atoms. The molecule has 2 aromatic heterocycles. The van der Waals surface area contributed by atoms with Crippen molar-refractivity contribution < 1.29 is 0 Å². The summed E-state index contributed by atoms with van der Waals surface area (Å²) in [6, 6.07) is 1.95. The first-order chi connectivity index (χ1) is 9.41. The first-order valence-electron chi connectivity index (χ1n) is 6.90. The Kier molecular flexibility index (Phi) is 4.01. The molecule has 0 aliphatic carbocycles. The monoisotopic (exact) mass is 274 g/mol. The fourth-order valence-corrected chi connectivity index (χ4v) is 1.78. The van der Waals surface area contributed by atoms with E-state index < -0.39 is 0 Å². The fraction of sp³-hybridized carbons (Fsp3) is 0.571. The number of nitrogens with one attached hydrogen (secondary N) is 1. The average molecular weight is 274 g/mol. The second-order valence-electron chi connectivity index (χ2n) is 5.88. The summed E-state index contributed by atoms with van der Waals surface area (Å²) < 4.78 is 1.72. The predicted molar refractivity (Wildman–Crippen MR) is 79.5 cm³/mol. The number of hydrogen-bond acceptors (Lipinski definition) is 5. The van der Waals surface area contributed by atoms with Crippen LogP contribution in [0.15, 0.2) is 12.3 Å². The zero-order valence-electron chi connectivity index (χ0n) is 12.8. The molecule has 0 atom stereocenters. The lowest BCUT2D eigenvalue weighted by Crippen LogP contribution is -2.18. The lowest BCUT2D eigenvalue weighted by molar-refractivity contribution is 0.546. The minimum absolute atomic E-state index is 0.106. The van der Waals surface area contributed by atoms with Gasteiger partial charge in [-0.25, -0.2) is 14.6 Å². The average Bonchev–Trinajstić information content (AvgIpc) is 2.81. The summed E-state index contributed by atoms with van der Waals surface area (Å²) in [6.07, 6.45) is 2.77. The summed E-state index contributed by atoms with van der Waals surface area (Å²) in [7, 11) is 1.86. The van der Waals surface area contributed by atoms with Crippen LogP contribution in [0.4, 0.5) is 5.82 Å². The highest BCUT2D eigenvalue weighted by Crippen LogP contribution is 2.24.